The van der Waals surface area contributed by atoms with Gasteiger partial charge in [0, 0.05) is 36.9 Å². The van der Waals surface area contributed by atoms with Gasteiger partial charge in [0.05, 0.1) is 16.8 Å². The molecule has 0 radical (unpaired) electrons. The standard InChI is InChI=1S/C59H38N2S/c1-4-15-43(16-5-1)58-60-53(38-54(61-58)42-33-29-40(30-34-42)47-23-14-26-56-57(47)50-22-11-13-25-55(50)62-56)41-31-27-39(28-32-41)44-35-36-49-48-21-10-12-24-51(48)59(52(49)37-44,45-17-6-2-7-18-45)46-19-8-3-9-20-46/h1-38H. The number of aromatic nitrogens is 2. The van der Waals surface area contributed by atoms with E-state index in [9.17, 15) is 0 Å². The molecule has 0 atom stereocenters. The molecule has 2 aromatic heterocycles. The van der Waals surface area contributed by atoms with Crippen LogP contribution in [0, 0.1) is 0 Å². The van der Waals surface area contributed by atoms with Gasteiger partial charge in [0.1, 0.15) is 0 Å². The second kappa shape index (κ2) is 14.8. The summed E-state index contributed by atoms with van der Waals surface area (Å²) in [5.41, 5.74) is 16.9. The SMILES string of the molecule is c1ccc(-c2nc(-c3ccc(-c4ccc5c(c4)C(c4ccccc4)(c4ccccc4)c4ccccc4-5)cc3)cc(-c3ccc(-c4cccc5sc6ccccc6c45)cc3)n2)cc1. The average molecular weight is 807 g/mol. The Morgan fingerprint density at radius 1 is 0.323 bits per heavy atom. The molecular formula is C59H38N2S. The number of benzene rings is 9. The molecule has 11 aromatic rings. The maximum Gasteiger partial charge on any atom is 0.160 e. The highest BCUT2D eigenvalue weighted by Crippen LogP contribution is 2.56. The fraction of sp³-hybridized carbons (Fsp3) is 0.0169. The molecule has 2 nitrogen and oxygen atoms in total. The molecule has 62 heavy (non-hydrogen) atoms. The van der Waals surface area contributed by atoms with E-state index in [2.05, 4.69) is 212 Å². The van der Waals surface area contributed by atoms with Crippen LogP contribution in [0.25, 0.3) is 87.5 Å². The van der Waals surface area contributed by atoms with Crippen LogP contribution in [0.3, 0.4) is 0 Å². The van der Waals surface area contributed by atoms with Crippen molar-refractivity contribution in [2.75, 3.05) is 0 Å². The summed E-state index contributed by atoms with van der Waals surface area (Å²) in [4.78, 5) is 10.3. The molecule has 2 heterocycles. The molecule has 0 aliphatic heterocycles. The van der Waals surface area contributed by atoms with Crippen LogP contribution in [0.15, 0.2) is 231 Å². The van der Waals surface area contributed by atoms with Crippen molar-refractivity contribution in [3.8, 4) is 67.3 Å². The van der Waals surface area contributed by atoms with Crippen LogP contribution in [-0.4, -0.2) is 9.97 Å². The van der Waals surface area contributed by atoms with Crippen molar-refractivity contribution in [3.63, 3.8) is 0 Å². The maximum absolute atomic E-state index is 5.17. The Labute approximate surface area is 365 Å². The van der Waals surface area contributed by atoms with Crippen molar-refractivity contribution in [1.82, 2.24) is 9.97 Å². The van der Waals surface area contributed by atoms with Gasteiger partial charge in [-0.25, -0.2) is 9.97 Å². The summed E-state index contributed by atoms with van der Waals surface area (Å²) in [6.07, 6.45) is 0. The largest absolute Gasteiger partial charge is 0.228 e. The van der Waals surface area contributed by atoms with Crippen LogP contribution >= 0.6 is 11.3 Å². The first-order valence-electron chi connectivity index (χ1n) is 21.1. The Morgan fingerprint density at radius 2 is 0.839 bits per heavy atom. The Kier molecular flexibility index (Phi) is 8.62. The van der Waals surface area contributed by atoms with Crippen molar-refractivity contribution in [1.29, 1.82) is 0 Å². The highest BCUT2D eigenvalue weighted by molar-refractivity contribution is 7.25. The summed E-state index contributed by atoms with van der Waals surface area (Å²) >= 11 is 1.85. The molecule has 0 bridgehead atoms. The lowest BCUT2D eigenvalue weighted by Gasteiger charge is -2.34. The Balaban J connectivity index is 0.935. The fourth-order valence-electron chi connectivity index (χ4n) is 9.75. The second-order valence-electron chi connectivity index (χ2n) is 16.0. The van der Waals surface area contributed by atoms with Gasteiger partial charge in [0.25, 0.3) is 0 Å². The summed E-state index contributed by atoms with van der Waals surface area (Å²) in [6.45, 7) is 0. The number of nitrogens with zero attached hydrogens (tertiary/aromatic N) is 2. The number of thiophene rings is 1. The van der Waals surface area contributed by atoms with Crippen molar-refractivity contribution in [3.05, 3.63) is 253 Å². The van der Waals surface area contributed by atoms with Crippen molar-refractivity contribution >= 4 is 31.5 Å². The van der Waals surface area contributed by atoms with Gasteiger partial charge in [-0.15, -0.1) is 11.3 Å². The maximum atomic E-state index is 5.17. The lowest BCUT2D eigenvalue weighted by molar-refractivity contribution is 0.769. The first-order valence-corrected chi connectivity index (χ1v) is 22.0. The lowest BCUT2D eigenvalue weighted by atomic mass is 9.67. The van der Waals surface area contributed by atoms with E-state index in [0.717, 1.165) is 33.6 Å². The molecular weight excluding hydrogens is 769 g/mol. The quantitative estimate of drug-likeness (QED) is 0.160. The average Bonchev–Trinajstić information content (AvgIpc) is 3.89. The van der Waals surface area contributed by atoms with Gasteiger partial charge in [-0.05, 0) is 79.9 Å². The van der Waals surface area contributed by atoms with Crippen LogP contribution < -0.4 is 0 Å². The molecule has 0 saturated heterocycles. The minimum absolute atomic E-state index is 0.445. The molecule has 3 heteroatoms. The van der Waals surface area contributed by atoms with Crippen molar-refractivity contribution < 1.29 is 0 Å². The van der Waals surface area contributed by atoms with Crippen LogP contribution in [0.4, 0.5) is 0 Å². The molecule has 0 spiro atoms. The Hall–Kier alpha value is -7.72. The molecule has 290 valence electrons. The smallest absolute Gasteiger partial charge is 0.160 e. The summed E-state index contributed by atoms with van der Waals surface area (Å²) < 4.78 is 2.62. The summed E-state index contributed by atoms with van der Waals surface area (Å²) in [7, 11) is 0. The van der Waals surface area contributed by atoms with Gasteiger partial charge in [0.2, 0.25) is 0 Å². The van der Waals surface area contributed by atoms with E-state index in [1.807, 2.05) is 29.5 Å². The van der Waals surface area contributed by atoms with E-state index in [1.54, 1.807) is 0 Å². The number of hydrogen-bond donors (Lipinski definition) is 0. The van der Waals surface area contributed by atoms with Gasteiger partial charge in [-0.3, -0.25) is 0 Å². The molecule has 0 amide bonds. The summed E-state index contributed by atoms with van der Waals surface area (Å²) in [5, 5.41) is 2.62. The second-order valence-corrected chi connectivity index (χ2v) is 17.1. The van der Waals surface area contributed by atoms with E-state index in [0.29, 0.717) is 5.82 Å². The predicted octanol–water partition coefficient (Wildman–Crippen LogP) is 15.5. The minimum atomic E-state index is -0.445. The molecule has 9 aromatic carbocycles. The monoisotopic (exact) mass is 806 g/mol. The van der Waals surface area contributed by atoms with Gasteiger partial charge in [-0.1, -0.05) is 206 Å². The zero-order chi connectivity index (χ0) is 41.0. The predicted molar refractivity (Wildman–Crippen MR) is 259 cm³/mol. The van der Waals surface area contributed by atoms with Gasteiger partial charge < -0.3 is 0 Å². The fourth-order valence-corrected chi connectivity index (χ4v) is 10.9. The number of rotatable bonds is 7. The topological polar surface area (TPSA) is 25.8 Å². The third-order valence-electron chi connectivity index (χ3n) is 12.6. The lowest BCUT2D eigenvalue weighted by Crippen LogP contribution is -2.28. The van der Waals surface area contributed by atoms with Gasteiger partial charge >= 0.3 is 0 Å². The van der Waals surface area contributed by atoms with Crippen molar-refractivity contribution in [2.45, 2.75) is 5.41 Å². The first-order chi connectivity index (χ1) is 30.7. The van der Waals surface area contributed by atoms with E-state index in [1.165, 1.54) is 70.2 Å². The number of fused-ring (bicyclic) bond motifs is 6. The molecule has 1 aliphatic rings. The van der Waals surface area contributed by atoms with E-state index >= 15 is 0 Å². The Bertz CT molecular complexity index is 3390. The van der Waals surface area contributed by atoms with Gasteiger partial charge in [0.15, 0.2) is 5.82 Å². The Morgan fingerprint density at radius 3 is 1.53 bits per heavy atom. The van der Waals surface area contributed by atoms with Gasteiger partial charge in [-0.2, -0.15) is 0 Å². The van der Waals surface area contributed by atoms with Crippen LogP contribution in [0.2, 0.25) is 0 Å². The summed E-state index contributed by atoms with van der Waals surface area (Å²) in [5.74, 6) is 0.706. The third-order valence-corrected chi connectivity index (χ3v) is 13.8. The van der Waals surface area contributed by atoms with E-state index in [-0.39, 0.29) is 0 Å². The van der Waals surface area contributed by atoms with Crippen LogP contribution in [0.5, 0.6) is 0 Å². The zero-order valence-corrected chi connectivity index (χ0v) is 34.6. The normalized spacial score (nSPS) is 12.6. The molecule has 12 rings (SSSR count). The third kappa shape index (κ3) is 5.85. The van der Waals surface area contributed by atoms with Crippen LogP contribution in [-0.2, 0) is 5.41 Å². The molecule has 1 aliphatic carbocycles. The highest BCUT2D eigenvalue weighted by atomic mass is 32.1. The minimum Gasteiger partial charge on any atom is -0.228 e. The molecule has 0 N–H and O–H groups in total. The molecule has 0 saturated carbocycles. The highest BCUT2D eigenvalue weighted by Gasteiger charge is 2.46. The van der Waals surface area contributed by atoms with E-state index < -0.39 is 5.41 Å². The van der Waals surface area contributed by atoms with Crippen molar-refractivity contribution in [2.24, 2.45) is 0 Å². The summed E-state index contributed by atoms with van der Waals surface area (Å²) in [6, 6.07) is 83.4. The molecule has 0 unspecified atom stereocenters. The first kappa shape index (κ1) is 36.2. The molecule has 0 fully saturated rings. The zero-order valence-electron chi connectivity index (χ0n) is 33.7. The number of hydrogen-bond acceptors (Lipinski definition) is 3. The van der Waals surface area contributed by atoms with Crippen LogP contribution in [0.1, 0.15) is 22.3 Å². The van der Waals surface area contributed by atoms with E-state index in [4.69, 9.17) is 9.97 Å².